The number of carbonyl (C=O) groups excluding carboxylic acids is 6. The molecule has 0 bridgehead atoms. The normalized spacial score (nSPS) is 28.4. The second-order valence-corrected chi connectivity index (χ2v) is 24.8. The van der Waals surface area contributed by atoms with E-state index >= 15 is 4.79 Å². The second kappa shape index (κ2) is 16.7. The molecule has 0 radical (unpaired) electrons. The highest BCUT2D eigenvalue weighted by Crippen LogP contribution is 2.91. The van der Waals surface area contributed by atoms with Crippen molar-refractivity contribution in [3.05, 3.63) is 0 Å². The number of hydrogen-bond donors (Lipinski definition) is 4. The van der Waals surface area contributed by atoms with Gasteiger partial charge in [0.1, 0.15) is 17.2 Å². The number of ketones is 1. The molecule has 5 amide bonds. The van der Waals surface area contributed by atoms with Gasteiger partial charge in [0.2, 0.25) is 17.6 Å². The van der Waals surface area contributed by atoms with Gasteiger partial charge < -0.3 is 30.9 Å². The van der Waals surface area contributed by atoms with Crippen LogP contribution in [0.3, 0.4) is 0 Å². The third-order valence-electron chi connectivity index (χ3n) is 16.4. The lowest BCUT2D eigenvalue weighted by atomic mass is 9.70. The second-order valence-electron chi connectivity index (χ2n) is 22.2. The minimum atomic E-state index is -3.61. The Balaban J connectivity index is 1.23. The van der Waals surface area contributed by atoms with Gasteiger partial charge in [-0.05, 0) is 102 Å². The van der Waals surface area contributed by atoms with Gasteiger partial charge in [0.15, 0.2) is 9.84 Å². The zero-order chi connectivity index (χ0) is 45.0. The molecule has 61 heavy (non-hydrogen) atoms. The van der Waals surface area contributed by atoms with Crippen molar-refractivity contribution >= 4 is 45.3 Å². The fourth-order valence-corrected chi connectivity index (χ4v) is 13.7. The van der Waals surface area contributed by atoms with E-state index in [0.717, 1.165) is 57.8 Å². The third-order valence-corrected chi connectivity index (χ3v) is 19.3. The van der Waals surface area contributed by atoms with Crippen molar-refractivity contribution in [2.45, 2.75) is 205 Å². The van der Waals surface area contributed by atoms with Crippen molar-refractivity contribution in [3.63, 3.8) is 0 Å². The smallest absolute Gasteiger partial charge is 0.315 e. The largest absolute Gasteiger partial charge is 0.460 e. The van der Waals surface area contributed by atoms with Crippen LogP contribution in [0.5, 0.6) is 0 Å². The summed E-state index contributed by atoms with van der Waals surface area (Å²) in [5.41, 5.74) is -4.27. The fraction of sp³-hybridized carbons (Fsp3) is 0.870. The van der Waals surface area contributed by atoms with E-state index in [1.165, 1.54) is 0 Å². The maximum atomic E-state index is 15.3. The molecule has 6 aliphatic rings. The number of sulfone groups is 1. The van der Waals surface area contributed by atoms with E-state index in [0.29, 0.717) is 51.5 Å². The van der Waals surface area contributed by atoms with Gasteiger partial charge in [-0.2, -0.15) is 0 Å². The van der Waals surface area contributed by atoms with Gasteiger partial charge in [-0.25, -0.2) is 13.2 Å². The van der Waals surface area contributed by atoms with Crippen molar-refractivity contribution in [2.24, 2.45) is 28.1 Å². The number of hydrogen-bond acceptors (Lipinski definition) is 9. The SMILES string of the molecule is CCC(C)(C)S(=O)(=O)CC1(NC(=O)N[C@H](C(=O)N2CC3C(C)(C)C34C[C@@]24C(=O)NC(CC2CCC2)C(=O)C(=O)NCCC(=O)OC(C)(C)C)C2(C)CCCCC2)CCCCC1. The van der Waals surface area contributed by atoms with E-state index < -0.39 is 83.8 Å². The van der Waals surface area contributed by atoms with Crippen LogP contribution in [-0.2, 0) is 38.5 Å². The molecule has 1 saturated heterocycles. The number of esters is 1. The lowest BCUT2D eigenvalue weighted by Gasteiger charge is -2.45. The standard InChI is InChI=1S/C46H75N5O9S/c1-10-41(5,6)61(58,59)29-44(23-15-12-16-24-44)50-39(57)49-35(43(9)21-13-11-14-22-43)37(55)51-27-32-42(7,8)45(32)28-46(45,51)38(56)48-31(26-30-18-17-19-30)34(53)36(54)47-25-20-33(52)60-40(2,3)4/h30-32,35H,10-29H2,1-9H3,(H,47,54)(H,48,56)(H2,49,50,57)/t31?,32?,35-,45?,46+/m1/s1. The summed E-state index contributed by atoms with van der Waals surface area (Å²) in [4.78, 5) is 85.7. The molecule has 1 heterocycles. The molecule has 14 nitrogen and oxygen atoms in total. The lowest BCUT2D eigenvalue weighted by Crippen LogP contribution is -2.65. The monoisotopic (exact) mass is 874 g/mol. The molecule has 344 valence electrons. The first-order valence-electron chi connectivity index (χ1n) is 23.3. The number of Topliss-reactive ketones (excluding diaryl/α,β-unsaturated/α-hetero) is 1. The zero-order valence-corrected chi connectivity index (χ0v) is 39.3. The van der Waals surface area contributed by atoms with Crippen LogP contribution in [0, 0.1) is 28.1 Å². The molecule has 5 aliphatic carbocycles. The molecule has 1 spiro atoms. The summed E-state index contributed by atoms with van der Waals surface area (Å²) >= 11 is 0. The van der Waals surface area contributed by atoms with Crippen LogP contribution in [0.4, 0.5) is 4.79 Å². The number of likely N-dealkylation sites (tertiary alicyclic amines) is 1. The number of nitrogens with one attached hydrogen (secondary N) is 4. The molecule has 0 aromatic heterocycles. The molecule has 0 aromatic carbocycles. The molecule has 1 aliphatic heterocycles. The summed E-state index contributed by atoms with van der Waals surface area (Å²) in [5.74, 6) is -2.94. The molecule has 4 N–H and O–H groups in total. The highest BCUT2D eigenvalue weighted by atomic mass is 32.2. The molecule has 15 heteroatoms. The maximum Gasteiger partial charge on any atom is 0.315 e. The van der Waals surface area contributed by atoms with E-state index in [1.807, 2.05) is 13.8 Å². The molecule has 6 rings (SSSR count). The molecular weight excluding hydrogens is 799 g/mol. The maximum absolute atomic E-state index is 15.3. The van der Waals surface area contributed by atoms with Crippen molar-refractivity contribution in [3.8, 4) is 0 Å². The van der Waals surface area contributed by atoms with Crippen LogP contribution in [0.15, 0.2) is 0 Å². The van der Waals surface area contributed by atoms with Crippen molar-refractivity contribution in [1.82, 2.24) is 26.2 Å². The summed E-state index contributed by atoms with van der Waals surface area (Å²) in [7, 11) is -3.61. The topological polar surface area (TPSA) is 197 Å². The van der Waals surface area contributed by atoms with Crippen molar-refractivity contribution in [1.29, 1.82) is 0 Å². The lowest BCUT2D eigenvalue weighted by molar-refractivity contribution is -0.154. The van der Waals surface area contributed by atoms with Crippen LogP contribution in [0.25, 0.3) is 0 Å². The van der Waals surface area contributed by atoms with Crippen LogP contribution in [0.1, 0.15) is 171 Å². The minimum absolute atomic E-state index is 0.0397. The van der Waals surface area contributed by atoms with E-state index in [-0.39, 0.29) is 41.9 Å². The van der Waals surface area contributed by atoms with Gasteiger partial charge in [-0.15, -0.1) is 0 Å². The van der Waals surface area contributed by atoms with Gasteiger partial charge in [-0.1, -0.05) is 85.5 Å². The summed E-state index contributed by atoms with van der Waals surface area (Å²) in [6.45, 7) is 17.1. The van der Waals surface area contributed by atoms with Gasteiger partial charge >= 0.3 is 12.0 Å². The number of rotatable bonds is 17. The third kappa shape index (κ3) is 8.84. The molecule has 6 fully saturated rings. The Kier molecular flexibility index (Phi) is 13.0. The average Bonchev–Trinajstić information content (AvgIpc) is 3.93. The number of carbonyl (C=O) groups is 6. The number of urea groups is 1. The van der Waals surface area contributed by atoms with Crippen LogP contribution < -0.4 is 21.3 Å². The number of amides is 5. The molecule has 5 atom stereocenters. The minimum Gasteiger partial charge on any atom is -0.460 e. The highest BCUT2D eigenvalue weighted by Gasteiger charge is 2.98. The Bertz CT molecular complexity index is 1860. The molecular formula is C46H75N5O9S. The molecule has 0 aromatic rings. The molecule has 5 saturated carbocycles. The first-order valence-corrected chi connectivity index (χ1v) is 24.9. The molecule has 3 unspecified atom stereocenters. The van der Waals surface area contributed by atoms with E-state index in [9.17, 15) is 32.4 Å². The Morgan fingerprint density at radius 1 is 0.836 bits per heavy atom. The van der Waals surface area contributed by atoms with Crippen molar-refractivity contribution < 1.29 is 41.9 Å². The number of nitrogens with zero attached hydrogens (tertiary/aromatic N) is 1. The van der Waals surface area contributed by atoms with Gasteiger partial charge in [0.05, 0.1) is 28.5 Å². The quantitative estimate of drug-likeness (QED) is 0.105. The van der Waals surface area contributed by atoms with E-state index in [4.69, 9.17) is 4.74 Å². The predicted octanol–water partition coefficient (Wildman–Crippen LogP) is 5.65. The summed E-state index contributed by atoms with van der Waals surface area (Å²) < 4.78 is 31.9. The number of ether oxygens (including phenoxy) is 1. The van der Waals surface area contributed by atoms with Crippen LogP contribution in [0.2, 0.25) is 0 Å². The van der Waals surface area contributed by atoms with Crippen LogP contribution in [-0.4, -0.2) is 101 Å². The Morgan fingerprint density at radius 3 is 1.98 bits per heavy atom. The average molecular weight is 874 g/mol. The highest BCUT2D eigenvalue weighted by molar-refractivity contribution is 7.92. The first kappa shape index (κ1) is 47.3. The summed E-state index contributed by atoms with van der Waals surface area (Å²) in [5, 5.41) is 11.8. The zero-order valence-electron chi connectivity index (χ0n) is 38.5. The Labute approximate surface area is 364 Å². The van der Waals surface area contributed by atoms with E-state index in [1.54, 1.807) is 39.5 Å². The fourth-order valence-electron chi connectivity index (χ4n) is 11.8. The van der Waals surface area contributed by atoms with Gasteiger partial charge in [0.25, 0.3) is 5.91 Å². The van der Waals surface area contributed by atoms with Crippen LogP contribution >= 0.6 is 0 Å². The Morgan fingerprint density at radius 2 is 1.44 bits per heavy atom. The Hall–Kier alpha value is -3.23. The summed E-state index contributed by atoms with van der Waals surface area (Å²) in [6.07, 6.45) is 11.5. The number of piperidine rings is 2. The van der Waals surface area contributed by atoms with E-state index in [2.05, 4.69) is 35.1 Å². The van der Waals surface area contributed by atoms with Crippen molar-refractivity contribution in [2.75, 3.05) is 18.8 Å². The summed E-state index contributed by atoms with van der Waals surface area (Å²) in [6, 6.07) is -2.67. The first-order chi connectivity index (χ1) is 28.3. The van der Waals surface area contributed by atoms with Gasteiger partial charge in [0, 0.05) is 18.5 Å². The van der Waals surface area contributed by atoms with Gasteiger partial charge in [-0.3, -0.25) is 24.0 Å². The predicted molar refractivity (Wildman–Crippen MR) is 232 cm³/mol.